The minimum Gasteiger partial charge on any atom is -0.487 e. The van der Waals surface area contributed by atoms with Gasteiger partial charge in [0, 0.05) is 0 Å². The van der Waals surface area contributed by atoms with Crippen LogP contribution in [0.1, 0.15) is 13.8 Å². The summed E-state index contributed by atoms with van der Waals surface area (Å²) in [6, 6.07) is 22.1. The average Bonchev–Trinajstić information content (AvgIpc) is 2.57. The molecule has 1 radical (unpaired) electrons. The van der Waals surface area contributed by atoms with Gasteiger partial charge in [-0.25, -0.2) is 0 Å². The first kappa shape index (κ1) is 15.9. The molecule has 0 fully saturated rings. The molecule has 0 aliphatic rings. The van der Waals surface area contributed by atoms with E-state index in [1.165, 1.54) is 0 Å². The Kier molecular flexibility index (Phi) is 4.71. The fourth-order valence-electron chi connectivity index (χ4n) is 2.40. The average molecular weight is 319 g/mol. The number of rotatable bonds is 5. The van der Waals surface area contributed by atoms with Crippen molar-refractivity contribution in [2.45, 2.75) is 20.0 Å². The maximum atomic E-state index is 11.5. The standard InChI is InChI=1S/C21H19O3/c1-15(2)23-20-8-3-4-9-21(20)24-19-12-10-16(11-13-19)17-6-5-7-18(22)14-17/h3-15H,1-2H3. The van der Waals surface area contributed by atoms with Crippen LogP contribution in [0.15, 0.2) is 72.8 Å². The zero-order valence-electron chi connectivity index (χ0n) is 13.7. The summed E-state index contributed by atoms with van der Waals surface area (Å²) in [6.45, 7) is 3.96. The van der Waals surface area contributed by atoms with Gasteiger partial charge in [-0.05, 0) is 61.4 Å². The highest BCUT2D eigenvalue weighted by Crippen LogP contribution is 2.33. The molecule has 3 nitrogen and oxygen atoms in total. The molecule has 0 heterocycles. The first-order chi connectivity index (χ1) is 11.6. The van der Waals surface area contributed by atoms with Gasteiger partial charge in [-0.3, -0.25) is 5.11 Å². The summed E-state index contributed by atoms with van der Waals surface area (Å²) in [4.78, 5) is 0. The van der Waals surface area contributed by atoms with E-state index in [1.807, 2.05) is 68.4 Å². The molecule has 0 N–H and O–H groups in total. The van der Waals surface area contributed by atoms with E-state index in [1.54, 1.807) is 18.2 Å². The Balaban J connectivity index is 1.80. The normalized spacial score (nSPS) is 10.6. The Labute approximate surface area is 142 Å². The molecular weight excluding hydrogens is 300 g/mol. The number of para-hydroxylation sites is 2. The number of hydrogen-bond acceptors (Lipinski definition) is 2. The van der Waals surface area contributed by atoms with Crippen LogP contribution in [0.4, 0.5) is 0 Å². The van der Waals surface area contributed by atoms with E-state index in [2.05, 4.69) is 0 Å². The van der Waals surface area contributed by atoms with E-state index in [0.717, 1.165) is 22.6 Å². The lowest BCUT2D eigenvalue weighted by molar-refractivity contribution is 0.233. The van der Waals surface area contributed by atoms with Crippen molar-refractivity contribution in [1.82, 2.24) is 0 Å². The van der Waals surface area contributed by atoms with Gasteiger partial charge in [0.2, 0.25) is 0 Å². The minimum atomic E-state index is 0.00703. The van der Waals surface area contributed by atoms with Crippen LogP contribution in [0.5, 0.6) is 23.0 Å². The predicted octanol–water partition coefficient (Wildman–Crippen LogP) is 6.08. The van der Waals surface area contributed by atoms with Gasteiger partial charge in [0.15, 0.2) is 17.2 Å². The summed E-state index contributed by atoms with van der Waals surface area (Å²) in [7, 11) is 0. The maximum absolute atomic E-state index is 11.5. The van der Waals surface area contributed by atoms with Crippen LogP contribution in [0.25, 0.3) is 11.1 Å². The molecule has 0 amide bonds. The van der Waals surface area contributed by atoms with Gasteiger partial charge in [-0.1, -0.05) is 36.4 Å². The molecule has 0 aliphatic heterocycles. The second kappa shape index (κ2) is 7.09. The molecule has 0 bridgehead atoms. The van der Waals surface area contributed by atoms with E-state index in [0.29, 0.717) is 5.75 Å². The van der Waals surface area contributed by atoms with E-state index in [-0.39, 0.29) is 11.9 Å². The van der Waals surface area contributed by atoms with Crippen LogP contribution in [0.2, 0.25) is 0 Å². The van der Waals surface area contributed by atoms with Crippen molar-refractivity contribution >= 4 is 0 Å². The molecule has 3 rings (SSSR count). The second-order valence-electron chi connectivity index (χ2n) is 5.77. The fraction of sp³-hybridized carbons (Fsp3) is 0.143. The monoisotopic (exact) mass is 319 g/mol. The molecule has 0 unspecified atom stereocenters. The van der Waals surface area contributed by atoms with E-state index in [4.69, 9.17) is 9.47 Å². The predicted molar refractivity (Wildman–Crippen MR) is 94.3 cm³/mol. The number of hydrogen-bond donors (Lipinski definition) is 0. The SMILES string of the molecule is CC(C)Oc1ccccc1Oc1ccc(-c2cccc([O])c2)cc1. The highest BCUT2D eigenvalue weighted by Gasteiger charge is 2.08. The van der Waals surface area contributed by atoms with Crippen LogP contribution in [0, 0.1) is 0 Å². The van der Waals surface area contributed by atoms with Gasteiger partial charge in [0.05, 0.1) is 6.10 Å². The van der Waals surface area contributed by atoms with Crippen LogP contribution >= 0.6 is 0 Å². The first-order valence-corrected chi connectivity index (χ1v) is 7.93. The van der Waals surface area contributed by atoms with Crippen molar-refractivity contribution in [3.05, 3.63) is 72.8 Å². The quantitative estimate of drug-likeness (QED) is 0.572. The van der Waals surface area contributed by atoms with Crippen molar-refractivity contribution in [2.24, 2.45) is 0 Å². The Morgan fingerprint density at radius 1 is 0.750 bits per heavy atom. The van der Waals surface area contributed by atoms with Gasteiger partial charge >= 0.3 is 0 Å². The zero-order chi connectivity index (χ0) is 16.9. The maximum Gasteiger partial charge on any atom is 0.179 e. The Hall–Kier alpha value is -2.94. The number of ether oxygens (including phenoxy) is 2. The summed E-state index contributed by atoms with van der Waals surface area (Å²) in [5, 5.41) is 11.5. The first-order valence-electron chi connectivity index (χ1n) is 7.93. The van der Waals surface area contributed by atoms with Crippen molar-refractivity contribution < 1.29 is 14.6 Å². The van der Waals surface area contributed by atoms with Gasteiger partial charge in [-0.15, -0.1) is 0 Å². The van der Waals surface area contributed by atoms with Crippen molar-refractivity contribution in [3.8, 4) is 34.1 Å². The van der Waals surface area contributed by atoms with Crippen LogP contribution in [-0.4, -0.2) is 6.10 Å². The topological polar surface area (TPSA) is 38.4 Å². The molecule has 3 aromatic rings. The summed E-state index contributed by atoms with van der Waals surface area (Å²) < 4.78 is 11.7. The van der Waals surface area contributed by atoms with E-state index in [9.17, 15) is 5.11 Å². The summed E-state index contributed by atoms with van der Waals surface area (Å²) in [5.41, 5.74) is 1.88. The lowest BCUT2D eigenvalue weighted by Gasteiger charge is -2.14. The van der Waals surface area contributed by atoms with Crippen molar-refractivity contribution in [2.75, 3.05) is 0 Å². The molecule has 0 atom stereocenters. The molecule has 0 spiro atoms. The van der Waals surface area contributed by atoms with Gasteiger partial charge in [0.25, 0.3) is 0 Å². The Morgan fingerprint density at radius 2 is 1.46 bits per heavy atom. The van der Waals surface area contributed by atoms with Gasteiger partial charge in [0.1, 0.15) is 5.75 Å². The van der Waals surface area contributed by atoms with E-state index < -0.39 is 0 Å². The molecule has 0 aromatic heterocycles. The highest BCUT2D eigenvalue weighted by molar-refractivity contribution is 5.65. The molecular formula is C21H19O3. The lowest BCUT2D eigenvalue weighted by atomic mass is 10.1. The van der Waals surface area contributed by atoms with Crippen molar-refractivity contribution in [3.63, 3.8) is 0 Å². The molecule has 24 heavy (non-hydrogen) atoms. The van der Waals surface area contributed by atoms with Crippen LogP contribution in [0.3, 0.4) is 0 Å². The third kappa shape index (κ3) is 3.87. The molecule has 0 aliphatic carbocycles. The third-order valence-corrected chi connectivity index (χ3v) is 3.46. The minimum absolute atomic E-state index is 0.00703. The fourth-order valence-corrected chi connectivity index (χ4v) is 2.40. The largest absolute Gasteiger partial charge is 0.487 e. The summed E-state index contributed by atoms with van der Waals surface area (Å²) >= 11 is 0. The Bertz CT molecular complexity index is 807. The van der Waals surface area contributed by atoms with Crippen LogP contribution < -0.4 is 9.47 Å². The molecule has 0 saturated heterocycles. The van der Waals surface area contributed by atoms with Gasteiger partial charge < -0.3 is 9.47 Å². The highest BCUT2D eigenvalue weighted by atomic mass is 16.5. The zero-order valence-corrected chi connectivity index (χ0v) is 13.7. The molecule has 121 valence electrons. The molecule has 3 heteroatoms. The molecule has 0 saturated carbocycles. The summed E-state index contributed by atoms with van der Waals surface area (Å²) in [6.07, 6.45) is 0.0801. The smallest absolute Gasteiger partial charge is 0.179 e. The lowest BCUT2D eigenvalue weighted by Crippen LogP contribution is -2.06. The second-order valence-corrected chi connectivity index (χ2v) is 5.77. The third-order valence-electron chi connectivity index (χ3n) is 3.46. The Morgan fingerprint density at radius 3 is 2.12 bits per heavy atom. The summed E-state index contributed by atoms with van der Waals surface area (Å²) in [5.74, 6) is 2.13. The number of benzene rings is 3. The van der Waals surface area contributed by atoms with E-state index >= 15 is 0 Å². The van der Waals surface area contributed by atoms with Crippen molar-refractivity contribution in [1.29, 1.82) is 0 Å². The van der Waals surface area contributed by atoms with Gasteiger partial charge in [-0.2, -0.15) is 0 Å². The molecule has 3 aromatic carbocycles. The van der Waals surface area contributed by atoms with Crippen LogP contribution in [-0.2, 0) is 5.11 Å².